The number of carbonyl (C=O) groups is 2. The number of Topliss-reactive ketones (excluding diaryl/α,β-unsaturated/α-hetero) is 1. The Kier molecular flexibility index (Phi) is 4.96. The summed E-state index contributed by atoms with van der Waals surface area (Å²) in [4.78, 5) is 25.6. The van der Waals surface area contributed by atoms with E-state index in [-0.39, 0.29) is 11.8 Å². The average Bonchev–Trinajstić information content (AvgIpc) is 2.84. The fourth-order valence-corrected chi connectivity index (χ4v) is 2.57. The maximum Gasteiger partial charge on any atom is 0.319 e. The minimum absolute atomic E-state index is 0.00699. The van der Waals surface area contributed by atoms with Gasteiger partial charge in [-0.25, -0.2) is 4.79 Å². The fourth-order valence-electron chi connectivity index (χ4n) is 2.57. The number of likely N-dealkylation sites (tertiary alicyclic amines) is 1. The molecule has 1 aliphatic rings. The van der Waals surface area contributed by atoms with Gasteiger partial charge in [0, 0.05) is 24.3 Å². The number of nitrogens with zero attached hydrogens (tertiary/aromatic N) is 1. The lowest BCUT2D eigenvalue weighted by molar-refractivity contribution is 0.101. The van der Waals surface area contributed by atoms with Gasteiger partial charge in [0.2, 0.25) is 0 Å². The predicted octanol–water partition coefficient (Wildman–Crippen LogP) is 2.27. The monoisotopic (exact) mass is 289 g/mol. The van der Waals surface area contributed by atoms with E-state index in [0.717, 1.165) is 25.1 Å². The summed E-state index contributed by atoms with van der Waals surface area (Å²) in [5, 5.41) is 5.73. The Morgan fingerprint density at radius 2 is 2.14 bits per heavy atom. The highest BCUT2D eigenvalue weighted by atomic mass is 16.2. The Bertz CT molecular complexity index is 542. The van der Waals surface area contributed by atoms with Crippen molar-refractivity contribution in [1.82, 2.24) is 10.2 Å². The Balaban J connectivity index is 1.90. The molecule has 1 aromatic carbocycles. The second kappa shape index (κ2) is 6.72. The standard InChI is InChI=1S/C16H23N3O2/c1-11-4-5-14(12(2)20)8-15(11)18-16(21)17-9-13-6-7-19(3)10-13/h4-5,8,13H,6-7,9-10H2,1-3H3,(H2,17,18,21). The Labute approximate surface area is 125 Å². The van der Waals surface area contributed by atoms with Crippen molar-refractivity contribution in [2.75, 3.05) is 32.0 Å². The molecule has 21 heavy (non-hydrogen) atoms. The number of nitrogens with one attached hydrogen (secondary N) is 2. The molecule has 1 atom stereocenters. The summed E-state index contributed by atoms with van der Waals surface area (Å²) in [6.45, 7) is 6.23. The molecule has 2 amide bonds. The molecule has 0 saturated carbocycles. The van der Waals surface area contributed by atoms with Crippen LogP contribution in [-0.2, 0) is 0 Å². The summed E-state index contributed by atoms with van der Waals surface area (Å²) in [6.07, 6.45) is 1.12. The van der Waals surface area contributed by atoms with Crippen molar-refractivity contribution in [3.63, 3.8) is 0 Å². The van der Waals surface area contributed by atoms with Gasteiger partial charge in [-0.1, -0.05) is 12.1 Å². The number of amides is 2. The number of urea groups is 1. The van der Waals surface area contributed by atoms with Gasteiger partial charge in [-0.05, 0) is 51.4 Å². The molecule has 2 N–H and O–H groups in total. The first kappa shape index (κ1) is 15.5. The van der Waals surface area contributed by atoms with Crippen molar-refractivity contribution >= 4 is 17.5 Å². The van der Waals surface area contributed by atoms with Gasteiger partial charge in [0.05, 0.1) is 0 Å². The molecule has 1 aliphatic heterocycles. The van der Waals surface area contributed by atoms with E-state index in [1.54, 1.807) is 12.1 Å². The van der Waals surface area contributed by atoms with E-state index >= 15 is 0 Å². The zero-order valence-electron chi connectivity index (χ0n) is 12.9. The average molecular weight is 289 g/mol. The third-order valence-corrected chi connectivity index (χ3v) is 3.93. The van der Waals surface area contributed by atoms with Gasteiger partial charge in [-0.3, -0.25) is 4.79 Å². The number of benzene rings is 1. The molecule has 0 spiro atoms. The molecule has 114 valence electrons. The summed E-state index contributed by atoms with van der Waals surface area (Å²) in [5.74, 6) is 0.512. The van der Waals surface area contributed by atoms with Gasteiger partial charge in [-0.15, -0.1) is 0 Å². The van der Waals surface area contributed by atoms with E-state index in [0.29, 0.717) is 23.7 Å². The van der Waals surface area contributed by atoms with E-state index in [4.69, 9.17) is 0 Å². The number of ketones is 1. The molecule has 0 bridgehead atoms. The number of anilines is 1. The summed E-state index contributed by atoms with van der Waals surface area (Å²) in [6, 6.07) is 5.13. The summed E-state index contributed by atoms with van der Waals surface area (Å²) >= 11 is 0. The van der Waals surface area contributed by atoms with E-state index < -0.39 is 0 Å². The van der Waals surface area contributed by atoms with Crippen LogP contribution >= 0.6 is 0 Å². The zero-order chi connectivity index (χ0) is 15.4. The van der Waals surface area contributed by atoms with Crippen molar-refractivity contribution in [2.45, 2.75) is 20.3 Å². The van der Waals surface area contributed by atoms with Gasteiger partial charge >= 0.3 is 6.03 Å². The van der Waals surface area contributed by atoms with Crippen LogP contribution in [0.1, 0.15) is 29.3 Å². The number of aryl methyl sites for hydroxylation is 1. The molecule has 1 unspecified atom stereocenters. The lowest BCUT2D eigenvalue weighted by Crippen LogP contribution is -2.34. The van der Waals surface area contributed by atoms with Crippen molar-refractivity contribution < 1.29 is 9.59 Å². The van der Waals surface area contributed by atoms with Crippen LogP contribution in [0.3, 0.4) is 0 Å². The number of hydrogen-bond donors (Lipinski definition) is 2. The quantitative estimate of drug-likeness (QED) is 0.836. The maximum atomic E-state index is 12.0. The van der Waals surface area contributed by atoms with Gasteiger partial charge < -0.3 is 15.5 Å². The highest BCUT2D eigenvalue weighted by Crippen LogP contribution is 2.17. The molecule has 0 aliphatic carbocycles. The highest BCUT2D eigenvalue weighted by molar-refractivity contribution is 5.97. The van der Waals surface area contributed by atoms with Gasteiger partial charge in [-0.2, -0.15) is 0 Å². The Hall–Kier alpha value is -1.88. The smallest absolute Gasteiger partial charge is 0.319 e. The zero-order valence-corrected chi connectivity index (χ0v) is 12.9. The molecular formula is C16H23N3O2. The van der Waals surface area contributed by atoms with Crippen LogP contribution in [0.15, 0.2) is 18.2 Å². The van der Waals surface area contributed by atoms with Crippen LogP contribution in [0.25, 0.3) is 0 Å². The molecule has 2 rings (SSSR count). The van der Waals surface area contributed by atoms with E-state index in [9.17, 15) is 9.59 Å². The lowest BCUT2D eigenvalue weighted by Gasteiger charge is -2.14. The van der Waals surface area contributed by atoms with Crippen LogP contribution in [0.5, 0.6) is 0 Å². The van der Waals surface area contributed by atoms with Crippen LogP contribution in [0.2, 0.25) is 0 Å². The van der Waals surface area contributed by atoms with Crippen LogP contribution in [-0.4, -0.2) is 43.4 Å². The minimum atomic E-state index is -0.214. The van der Waals surface area contributed by atoms with Gasteiger partial charge in [0.1, 0.15) is 0 Å². The van der Waals surface area contributed by atoms with Crippen molar-refractivity contribution in [2.24, 2.45) is 5.92 Å². The third kappa shape index (κ3) is 4.29. The van der Waals surface area contributed by atoms with E-state index in [1.807, 2.05) is 13.0 Å². The Morgan fingerprint density at radius 1 is 1.38 bits per heavy atom. The molecule has 1 fully saturated rings. The molecule has 5 nitrogen and oxygen atoms in total. The predicted molar refractivity (Wildman–Crippen MR) is 83.8 cm³/mol. The van der Waals surface area contributed by atoms with Crippen molar-refractivity contribution in [3.05, 3.63) is 29.3 Å². The van der Waals surface area contributed by atoms with Crippen LogP contribution in [0, 0.1) is 12.8 Å². The van der Waals surface area contributed by atoms with Crippen LogP contribution in [0.4, 0.5) is 10.5 Å². The van der Waals surface area contributed by atoms with E-state index in [1.165, 1.54) is 6.92 Å². The molecule has 0 aromatic heterocycles. The molecule has 0 radical (unpaired) electrons. The summed E-state index contributed by atoms with van der Waals surface area (Å²) in [7, 11) is 2.09. The van der Waals surface area contributed by atoms with Crippen molar-refractivity contribution in [3.8, 4) is 0 Å². The molecule has 1 saturated heterocycles. The van der Waals surface area contributed by atoms with Crippen molar-refractivity contribution in [1.29, 1.82) is 0 Å². The molecular weight excluding hydrogens is 266 g/mol. The SMILES string of the molecule is CC(=O)c1ccc(C)c(NC(=O)NCC2CCN(C)C2)c1. The fraction of sp³-hybridized carbons (Fsp3) is 0.500. The number of hydrogen-bond acceptors (Lipinski definition) is 3. The molecule has 1 heterocycles. The molecule has 5 heteroatoms. The Morgan fingerprint density at radius 3 is 2.76 bits per heavy atom. The minimum Gasteiger partial charge on any atom is -0.338 e. The number of rotatable bonds is 4. The highest BCUT2D eigenvalue weighted by Gasteiger charge is 2.19. The normalized spacial score (nSPS) is 18.5. The first-order valence-corrected chi connectivity index (χ1v) is 7.30. The largest absolute Gasteiger partial charge is 0.338 e. The first-order valence-electron chi connectivity index (χ1n) is 7.30. The van der Waals surface area contributed by atoms with E-state index in [2.05, 4.69) is 22.6 Å². The van der Waals surface area contributed by atoms with Crippen LogP contribution < -0.4 is 10.6 Å². The van der Waals surface area contributed by atoms with Gasteiger partial charge in [0.15, 0.2) is 5.78 Å². The van der Waals surface area contributed by atoms with Gasteiger partial charge in [0.25, 0.3) is 0 Å². The second-order valence-electron chi connectivity index (χ2n) is 5.84. The first-order chi connectivity index (χ1) is 9.95. The lowest BCUT2D eigenvalue weighted by atomic mass is 10.1. The number of carbonyl (C=O) groups excluding carboxylic acids is 2. The maximum absolute atomic E-state index is 12.0. The third-order valence-electron chi connectivity index (χ3n) is 3.93. The summed E-state index contributed by atoms with van der Waals surface area (Å²) in [5.41, 5.74) is 2.23. The second-order valence-corrected chi connectivity index (χ2v) is 5.84. The molecule has 1 aromatic rings. The summed E-state index contributed by atoms with van der Waals surface area (Å²) < 4.78 is 0. The topological polar surface area (TPSA) is 61.4 Å².